The van der Waals surface area contributed by atoms with Gasteiger partial charge in [-0.25, -0.2) is 9.78 Å². The predicted octanol–water partition coefficient (Wildman–Crippen LogP) is 8.17. The Morgan fingerprint density at radius 3 is 2.38 bits per heavy atom. The highest BCUT2D eigenvalue weighted by Gasteiger charge is 2.26. The normalized spacial score (nSPS) is 20.3. The van der Waals surface area contributed by atoms with Crippen LogP contribution in [0.4, 0.5) is 0 Å². The Hall–Kier alpha value is -2.93. The van der Waals surface area contributed by atoms with Gasteiger partial charge in [0.1, 0.15) is 17.5 Å². The number of amides is 1. The van der Waals surface area contributed by atoms with Crippen molar-refractivity contribution in [3.63, 3.8) is 0 Å². The van der Waals surface area contributed by atoms with Gasteiger partial charge in [-0.15, -0.1) is 11.3 Å². The number of aliphatic carboxylic acids is 1. The van der Waals surface area contributed by atoms with E-state index < -0.39 is 17.9 Å². The SMILES string of the molecule is CC(C)c1ccc(C[C@H](NC(=O)c2cc3ccc(OC4CCC(C(C)C)CC4)cc3c(CC3CCCC3)n2)C(=O)O)s1. The van der Waals surface area contributed by atoms with Crippen LogP contribution >= 0.6 is 11.3 Å². The molecule has 6 nitrogen and oxygen atoms in total. The Bertz CT molecular complexity index is 1380. The zero-order valence-corrected chi connectivity index (χ0v) is 26.3. The number of carbonyl (C=O) groups is 2. The first-order valence-corrected chi connectivity index (χ1v) is 16.7. The number of aromatic nitrogens is 1. The lowest BCUT2D eigenvalue weighted by Gasteiger charge is -2.31. The number of hydrogen-bond donors (Lipinski definition) is 2. The first-order chi connectivity index (χ1) is 20.2. The first-order valence-electron chi connectivity index (χ1n) is 15.9. The van der Waals surface area contributed by atoms with Gasteiger partial charge >= 0.3 is 5.97 Å². The number of ether oxygens (including phenoxy) is 1. The van der Waals surface area contributed by atoms with E-state index in [0.717, 1.165) is 58.2 Å². The van der Waals surface area contributed by atoms with Crippen molar-refractivity contribution >= 4 is 34.0 Å². The molecule has 2 saturated carbocycles. The summed E-state index contributed by atoms with van der Waals surface area (Å²) in [6.45, 7) is 8.87. The molecule has 0 radical (unpaired) electrons. The number of hydrogen-bond acceptors (Lipinski definition) is 5. The number of nitrogens with one attached hydrogen (secondary N) is 1. The second kappa shape index (κ2) is 13.6. The topological polar surface area (TPSA) is 88.5 Å². The third-order valence-electron chi connectivity index (χ3n) is 9.30. The van der Waals surface area contributed by atoms with Crippen molar-refractivity contribution in [1.29, 1.82) is 0 Å². The van der Waals surface area contributed by atoms with Crippen molar-refractivity contribution in [1.82, 2.24) is 10.3 Å². The maximum Gasteiger partial charge on any atom is 0.326 e. The predicted molar refractivity (Wildman–Crippen MR) is 170 cm³/mol. The number of nitrogens with zero attached hydrogens (tertiary/aromatic N) is 1. The fourth-order valence-corrected chi connectivity index (χ4v) is 7.70. The van der Waals surface area contributed by atoms with E-state index in [4.69, 9.17) is 9.72 Å². The minimum absolute atomic E-state index is 0.238. The van der Waals surface area contributed by atoms with Crippen molar-refractivity contribution in [2.75, 3.05) is 0 Å². The minimum atomic E-state index is -1.04. The van der Waals surface area contributed by atoms with Crippen LogP contribution in [0.25, 0.3) is 10.8 Å². The number of benzene rings is 1. The van der Waals surface area contributed by atoms with Crippen LogP contribution in [0.5, 0.6) is 5.75 Å². The minimum Gasteiger partial charge on any atom is -0.490 e. The number of rotatable bonds is 11. The second-order valence-corrected chi connectivity index (χ2v) is 14.3. The molecule has 5 rings (SSSR count). The number of fused-ring (bicyclic) bond motifs is 1. The molecule has 1 atom stereocenters. The molecule has 0 unspecified atom stereocenters. The Kier molecular flexibility index (Phi) is 9.87. The highest BCUT2D eigenvalue weighted by atomic mass is 32.1. The highest BCUT2D eigenvalue weighted by Crippen LogP contribution is 2.35. The van der Waals surface area contributed by atoms with Crippen molar-refractivity contribution in [3.05, 3.63) is 57.5 Å². The summed E-state index contributed by atoms with van der Waals surface area (Å²) < 4.78 is 6.47. The van der Waals surface area contributed by atoms with E-state index >= 15 is 0 Å². The van der Waals surface area contributed by atoms with Gasteiger partial charge in [0.25, 0.3) is 5.91 Å². The van der Waals surface area contributed by atoms with E-state index in [9.17, 15) is 14.7 Å². The standard InChI is InChI=1S/C35H46N2O4S/c1-21(2)24-9-12-26(13-10-24)41-27-14-11-25-18-31(36-30(29(25)19-27)17-23-7-5-6-8-23)34(38)37-32(35(39)40)20-28-15-16-33(42-28)22(3)4/h11,14-16,18-19,21-24,26,32H,5-10,12-13,17,20H2,1-4H3,(H,37,38)(H,39,40)/t24?,26?,32-/m0/s1. The van der Waals surface area contributed by atoms with Crippen molar-refractivity contribution < 1.29 is 19.4 Å². The van der Waals surface area contributed by atoms with Gasteiger partial charge in [0.2, 0.25) is 0 Å². The number of carbonyl (C=O) groups excluding carboxylic acids is 1. The van der Waals surface area contributed by atoms with Crippen LogP contribution in [0.15, 0.2) is 36.4 Å². The maximum absolute atomic E-state index is 13.4. The summed E-state index contributed by atoms with van der Waals surface area (Å²) in [4.78, 5) is 32.6. The number of thiophene rings is 1. The molecule has 0 spiro atoms. The molecule has 0 aliphatic heterocycles. The van der Waals surface area contributed by atoms with Crippen LogP contribution in [0.3, 0.4) is 0 Å². The summed E-state index contributed by atoms with van der Waals surface area (Å²) >= 11 is 1.60. The molecule has 226 valence electrons. The number of carboxylic acid groups (broad SMARTS) is 1. The lowest BCUT2D eigenvalue weighted by atomic mass is 9.80. The first kappa shape index (κ1) is 30.5. The van der Waals surface area contributed by atoms with Gasteiger partial charge in [0, 0.05) is 27.3 Å². The quantitative estimate of drug-likeness (QED) is 0.235. The molecule has 2 heterocycles. The zero-order chi connectivity index (χ0) is 29.8. The molecule has 2 aliphatic carbocycles. The molecule has 2 aliphatic rings. The Labute approximate surface area is 254 Å². The van der Waals surface area contributed by atoms with Gasteiger partial charge in [-0.2, -0.15) is 0 Å². The molecule has 0 bridgehead atoms. The van der Waals surface area contributed by atoms with E-state index in [1.165, 1.54) is 43.4 Å². The van der Waals surface area contributed by atoms with Gasteiger partial charge in [0.05, 0.1) is 6.10 Å². The van der Waals surface area contributed by atoms with Crippen molar-refractivity contribution in [2.45, 2.75) is 110 Å². The highest BCUT2D eigenvalue weighted by molar-refractivity contribution is 7.12. The van der Waals surface area contributed by atoms with E-state index in [0.29, 0.717) is 11.8 Å². The lowest BCUT2D eigenvalue weighted by molar-refractivity contribution is -0.139. The van der Waals surface area contributed by atoms with Crippen LogP contribution in [0.2, 0.25) is 0 Å². The molecule has 2 aromatic heterocycles. The monoisotopic (exact) mass is 590 g/mol. The zero-order valence-electron chi connectivity index (χ0n) is 25.5. The van der Waals surface area contributed by atoms with Gasteiger partial charge < -0.3 is 15.2 Å². The van der Waals surface area contributed by atoms with Crippen molar-refractivity contribution in [2.24, 2.45) is 17.8 Å². The largest absolute Gasteiger partial charge is 0.490 e. The van der Waals surface area contributed by atoms with Gasteiger partial charge in [-0.1, -0.05) is 59.4 Å². The van der Waals surface area contributed by atoms with Crippen LogP contribution < -0.4 is 10.1 Å². The van der Waals surface area contributed by atoms with Crippen LogP contribution in [-0.2, 0) is 17.6 Å². The molecule has 2 fully saturated rings. The summed E-state index contributed by atoms with van der Waals surface area (Å²) in [6, 6.07) is 10.9. The number of pyridine rings is 1. The van der Waals surface area contributed by atoms with Crippen molar-refractivity contribution in [3.8, 4) is 5.75 Å². The molecule has 2 N–H and O–H groups in total. The third-order valence-corrected chi connectivity index (χ3v) is 10.7. The molecular weight excluding hydrogens is 544 g/mol. The number of carboxylic acids is 1. The molecule has 1 aromatic carbocycles. The van der Waals surface area contributed by atoms with E-state index in [1.54, 1.807) is 17.4 Å². The second-order valence-electron chi connectivity index (χ2n) is 13.1. The Morgan fingerprint density at radius 1 is 1.00 bits per heavy atom. The Morgan fingerprint density at radius 2 is 1.74 bits per heavy atom. The summed E-state index contributed by atoms with van der Waals surface area (Å²) in [5, 5.41) is 14.7. The molecule has 0 saturated heterocycles. The molecule has 1 amide bonds. The summed E-state index contributed by atoms with van der Waals surface area (Å²) in [7, 11) is 0. The molecule has 7 heteroatoms. The Balaban J connectivity index is 1.36. The van der Waals surface area contributed by atoms with E-state index in [2.05, 4.69) is 39.1 Å². The maximum atomic E-state index is 13.4. The third kappa shape index (κ3) is 7.52. The van der Waals surface area contributed by atoms with E-state index in [-0.39, 0.29) is 18.2 Å². The van der Waals surface area contributed by atoms with Crippen LogP contribution in [0, 0.1) is 17.8 Å². The summed E-state index contributed by atoms with van der Waals surface area (Å²) in [5.74, 6) is 1.82. The lowest BCUT2D eigenvalue weighted by Crippen LogP contribution is -2.42. The van der Waals surface area contributed by atoms with Gasteiger partial charge in [0.15, 0.2) is 0 Å². The van der Waals surface area contributed by atoms with Crippen LogP contribution in [-0.4, -0.2) is 34.1 Å². The fourth-order valence-electron chi connectivity index (χ4n) is 6.64. The molecule has 42 heavy (non-hydrogen) atoms. The molecular formula is C35H46N2O4S. The summed E-state index contributed by atoms with van der Waals surface area (Å²) in [6.07, 6.45) is 10.7. The summed E-state index contributed by atoms with van der Waals surface area (Å²) in [5.41, 5.74) is 1.18. The molecule has 3 aromatic rings. The fraction of sp³-hybridized carbons (Fsp3) is 0.571. The average molecular weight is 591 g/mol. The average Bonchev–Trinajstić information content (AvgIpc) is 3.65. The smallest absolute Gasteiger partial charge is 0.326 e. The van der Waals surface area contributed by atoms with Crippen LogP contribution in [0.1, 0.15) is 111 Å². The van der Waals surface area contributed by atoms with Gasteiger partial charge in [-0.3, -0.25) is 4.79 Å². The van der Waals surface area contributed by atoms with E-state index in [1.807, 2.05) is 24.3 Å². The van der Waals surface area contributed by atoms with Gasteiger partial charge in [-0.05, 0) is 91.5 Å².